The topological polar surface area (TPSA) is 121 Å². The number of halogens is 2. The first-order chi connectivity index (χ1) is 22.9. The van der Waals surface area contributed by atoms with Gasteiger partial charge in [-0.25, -0.2) is 18.6 Å². The maximum Gasteiger partial charge on any atom is 0.408 e. The number of anilines is 1. The number of alkyl halides is 2. The van der Waals surface area contributed by atoms with Crippen LogP contribution in [-0.2, 0) is 25.2 Å². The second-order valence-corrected chi connectivity index (χ2v) is 16.0. The average molecular weight is 690 g/mol. The number of ether oxygens (including phenoxy) is 3. The Labute approximate surface area is 283 Å². The fraction of sp³-hybridized carbons (Fsp3) is 0.618. The van der Waals surface area contributed by atoms with E-state index >= 15 is 0 Å². The van der Waals surface area contributed by atoms with E-state index in [4.69, 9.17) is 24.2 Å². The summed E-state index contributed by atoms with van der Waals surface area (Å²) in [5.41, 5.74) is 0.313. The van der Waals surface area contributed by atoms with Crippen molar-refractivity contribution in [3.63, 3.8) is 0 Å². The van der Waals surface area contributed by atoms with Gasteiger partial charge in [-0.05, 0) is 75.4 Å². The van der Waals surface area contributed by atoms with Crippen LogP contribution in [0.2, 0.25) is 0 Å². The summed E-state index contributed by atoms with van der Waals surface area (Å²) in [6.07, 6.45) is 4.60. The summed E-state index contributed by atoms with van der Waals surface area (Å²) in [6, 6.07) is 7.99. The van der Waals surface area contributed by atoms with Crippen molar-refractivity contribution in [3.05, 3.63) is 36.2 Å². The highest BCUT2D eigenvalue weighted by Crippen LogP contribution is 2.33. The number of imidazole rings is 1. The summed E-state index contributed by atoms with van der Waals surface area (Å²) in [5, 5.41) is 2.82. The molecule has 0 bridgehead atoms. The summed E-state index contributed by atoms with van der Waals surface area (Å²) in [7, 11) is 0.134. The van der Waals surface area contributed by atoms with Crippen molar-refractivity contribution in [1.82, 2.24) is 24.8 Å². The van der Waals surface area contributed by atoms with Crippen molar-refractivity contribution in [3.8, 4) is 11.7 Å². The number of para-hydroxylation sites is 2. The first-order valence-electron chi connectivity index (χ1n) is 16.6. The number of carbonyl (C=O) groups excluding carboxylic acids is 2. The summed E-state index contributed by atoms with van der Waals surface area (Å²) in [4.78, 5) is 41.5. The molecule has 3 heterocycles. The zero-order valence-electron chi connectivity index (χ0n) is 28.4. The van der Waals surface area contributed by atoms with Crippen LogP contribution in [-0.4, -0.2) is 93.7 Å². The number of fused-ring (bicyclic) bond motifs is 1. The molecule has 262 valence electrons. The Hall–Kier alpha value is -3.52. The number of nitrogens with zero attached hydrogens (tertiary/aromatic N) is 5. The van der Waals surface area contributed by atoms with E-state index in [1.54, 1.807) is 51.1 Å². The van der Waals surface area contributed by atoms with Crippen molar-refractivity contribution < 1.29 is 32.6 Å². The maximum absolute atomic E-state index is 14.2. The lowest BCUT2D eigenvalue weighted by molar-refractivity contribution is -0.122. The van der Waals surface area contributed by atoms with E-state index in [1.165, 1.54) is 4.57 Å². The lowest BCUT2D eigenvalue weighted by atomic mass is 9.83. The van der Waals surface area contributed by atoms with E-state index in [1.807, 2.05) is 4.90 Å². The minimum absolute atomic E-state index is 0.0219. The zero-order valence-corrected chi connectivity index (χ0v) is 29.2. The number of carbonyl (C=O) groups is 2. The summed E-state index contributed by atoms with van der Waals surface area (Å²) >= 11 is 0. The van der Waals surface area contributed by atoms with Gasteiger partial charge in [-0.3, -0.25) is 9.36 Å². The molecule has 0 unspecified atom stereocenters. The zero-order chi connectivity index (χ0) is 34.4. The van der Waals surface area contributed by atoms with Crippen LogP contribution in [0.4, 0.5) is 19.5 Å². The summed E-state index contributed by atoms with van der Waals surface area (Å²) in [5.74, 6) is 1.57. The number of morpholine rings is 1. The Morgan fingerprint density at radius 3 is 2.44 bits per heavy atom. The van der Waals surface area contributed by atoms with Gasteiger partial charge in [0.05, 0.1) is 42.8 Å². The predicted octanol–water partition coefficient (Wildman–Crippen LogP) is 5.65. The largest absolute Gasteiger partial charge is 0.474 e. The average Bonchev–Trinajstić information content (AvgIpc) is 3.43. The van der Waals surface area contributed by atoms with Crippen molar-refractivity contribution >= 4 is 39.8 Å². The molecule has 1 amide bonds. The SMILES string of the molecule is C[S+](C)CC[C@H](NC(=O)OC(C)(C)C)C(=O)CC1CCC(Oc2cc(-n3c(C(F)F)nc4ccccc43)nc(N3CCOCC3)n2)CC1. The quantitative estimate of drug-likeness (QED) is 0.241. The molecular formula is C34H47F2N6O5S+. The number of Topliss-reactive ketones (excluding diaryl/α,β-unsaturated/α-hetero) is 1. The van der Waals surface area contributed by atoms with Crippen molar-refractivity contribution in [2.75, 3.05) is 49.5 Å². The van der Waals surface area contributed by atoms with Gasteiger partial charge in [-0.2, -0.15) is 9.97 Å². The molecule has 1 N–H and O–H groups in total. The molecule has 1 aliphatic heterocycles. The van der Waals surface area contributed by atoms with Crippen LogP contribution in [0.3, 0.4) is 0 Å². The number of rotatable bonds is 12. The van der Waals surface area contributed by atoms with E-state index < -0.39 is 30.0 Å². The van der Waals surface area contributed by atoms with E-state index in [0.717, 1.165) is 18.6 Å². The van der Waals surface area contributed by atoms with Gasteiger partial charge < -0.3 is 24.4 Å². The number of nitrogens with one attached hydrogen (secondary N) is 1. The van der Waals surface area contributed by atoms with Crippen molar-refractivity contribution in [1.29, 1.82) is 0 Å². The third-order valence-electron chi connectivity index (χ3n) is 8.45. The van der Waals surface area contributed by atoms with Gasteiger partial charge in [0.2, 0.25) is 11.8 Å². The molecule has 14 heteroatoms. The summed E-state index contributed by atoms with van der Waals surface area (Å²) in [6.45, 7) is 7.54. The fourth-order valence-electron chi connectivity index (χ4n) is 6.08. The summed E-state index contributed by atoms with van der Waals surface area (Å²) < 4.78 is 47.2. The second-order valence-electron chi connectivity index (χ2n) is 13.7. The van der Waals surface area contributed by atoms with Crippen molar-refractivity contribution in [2.45, 2.75) is 83.5 Å². The molecule has 1 saturated carbocycles. The standard InChI is InChI=1S/C34H46F2N6O5S/c1-34(2,3)47-33(44)38-25(14-19-48(4)5)27(43)20-22-10-12-23(13-11-22)46-29-21-28(39-32(40-29)41-15-17-45-18-16-41)42-26-9-7-6-8-24(26)37-31(42)30(35)36/h6-9,21-23,25,30H,10-20H2,1-5H3/p+1/t22?,23?,25-/m0/s1. The normalized spacial score (nSPS) is 19.5. The maximum atomic E-state index is 14.2. The molecule has 3 aromatic rings. The number of alkyl carbamates (subject to hydrolysis) is 1. The molecule has 1 atom stereocenters. The molecule has 2 aliphatic rings. The van der Waals surface area contributed by atoms with Crippen LogP contribution in [0.15, 0.2) is 30.3 Å². The Morgan fingerprint density at radius 1 is 1.06 bits per heavy atom. The number of aromatic nitrogens is 4. The number of hydrogen-bond donors (Lipinski definition) is 1. The van der Waals surface area contributed by atoms with Gasteiger partial charge in [0, 0.05) is 32.0 Å². The predicted molar refractivity (Wildman–Crippen MR) is 183 cm³/mol. The molecule has 48 heavy (non-hydrogen) atoms. The first kappa shape index (κ1) is 35.8. The number of ketones is 1. The molecular weight excluding hydrogens is 642 g/mol. The smallest absolute Gasteiger partial charge is 0.408 e. The Morgan fingerprint density at radius 2 is 1.77 bits per heavy atom. The highest BCUT2D eigenvalue weighted by atomic mass is 32.2. The minimum atomic E-state index is -2.81. The van der Waals surface area contributed by atoms with Crippen LogP contribution in [0.1, 0.15) is 71.5 Å². The molecule has 0 spiro atoms. The van der Waals surface area contributed by atoms with Crippen molar-refractivity contribution in [2.24, 2.45) is 5.92 Å². The molecule has 1 aliphatic carbocycles. The Balaban J connectivity index is 1.29. The highest BCUT2D eigenvalue weighted by Gasteiger charge is 2.31. The third-order valence-corrected chi connectivity index (χ3v) is 9.50. The van der Waals surface area contributed by atoms with Gasteiger partial charge in [-0.15, -0.1) is 0 Å². The van der Waals surface area contributed by atoms with Crippen LogP contribution in [0.5, 0.6) is 5.88 Å². The minimum Gasteiger partial charge on any atom is -0.474 e. The second kappa shape index (κ2) is 15.8. The van der Waals surface area contributed by atoms with E-state index in [2.05, 4.69) is 22.8 Å². The molecule has 1 aromatic carbocycles. The number of hydrogen-bond acceptors (Lipinski definition) is 9. The highest BCUT2D eigenvalue weighted by molar-refractivity contribution is 7.95. The molecule has 1 saturated heterocycles. The Bertz CT molecular complexity index is 1550. The number of amides is 1. The van der Waals surface area contributed by atoms with Gasteiger partial charge in [0.1, 0.15) is 23.3 Å². The van der Waals surface area contributed by atoms with Gasteiger partial charge in [-0.1, -0.05) is 12.1 Å². The van der Waals surface area contributed by atoms with Crippen LogP contribution >= 0.6 is 0 Å². The van der Waals surface area contributed by atoms with Crippen LogP contribution in [0, 0.1) is 5.92 Å². The molecule has 5 rings (SSSR count). The van der Waals surface area contributed by atoms with E-state index in [9.17, 15) is 18.4 Å². The molecule has 0 radical (unpaired) electrons. The fourth-order valence-corrected chi connectivity index (χ4v) is 6.79. The van der Waals surface area contributed by atoms with Gasteiger partial charge >= 0.3 is 6.09 Å². The third kappa shape index (κ3) is 9.55. The van der Waals surface area contributed by atoms with Gasteiger partial charge in [0.15, 0.2) is 11.6 Å². The monoisotopic (exact) mass is 689 g/mol. The lowest BCUT2D eigenvalue weighted by Gasteiger charge is -2.30. The van der Waals surface area contributed by atoms with Crippen LogP contribution < -0.4 is 15.0 Å². The molecule has 2 fully saturated rings. The molecule has 11 nitrogen and oxygen atoms in total. The molecule has 2 aromatic heterocycles. The first-order valence-corrected chi connectivity index (χ1v) is 18.8. The lowest BCUT2D eigenvalue weighted by Crippen LogP contribution is -2.45. The van der Waals surface area contributed by atoms with E-state index in [0.29, 0.717) is 74.8 Å². The van der Waals surface area contributed by atoms with E-state index in [-0.39, 0.29) is 34.5 Å². The number of benzene rings is 1. The van der Waals surface area contributed by atoms with Crippen LogP contribution in [0.25, 0.3) is 16.9 Å². The Kier molecular flexibility index (Phi) is 11.8. The van der Waals surface area contributed by atoms with Gasteiger partial charge in [0.25, 0.3) is 6.43 Å².